The summed E-state index contributed by atoms with van der Waals surface area (Å²) in [5, 5.41) is 2.04. The molecule has 0 saturated carbocycles. The number of sulfonamides is 1. The summed E-state index contributed by atoms with van der Waals surface area (Å²) in [6.45, 7) is 1.38. The minimum Gasteiger partial charge on any atom is -0.326 e. The maximum atomic E-state index is 13.3. The van der Waals surface area contributed by atoms with Crippen molar-refractivity contribution in [3.8, 4) is 0 Å². The fourth-order valence-electron chi connectivity index (χ4n) is 4.57. The van der Waals surface area contributed by atoms with Crippen LogP contribution in [0, 0.1) is 0 Å². The van der Waals surface area contributed by atoms with Gasteiger partial charge in [-0.1, -0.05) is 18.2 Å². The van der Waals surface area contributed by atoms with Crippen LogP contribution in [0.3, 0.4) is 0 Å². The monoisotopic (exact) mass is 448 g/mol. The Morgan fingerprint density at radius 1 is 0.867 bits per heavy atom. The molecule has 1 amide bonds. The molecule has 2 fully saturated rings. The van der Waals surface area contributed by atoms with E-state index in [-0.39, 0.29) is 22.9 Å². The van der Waals surface area contributed by atoms with Gasteiger partial charge in [0.25, 0.3) is 0 Å². The summed E-state index contributed by atoms with van der Waals surface area (Å²) in [7, 11) is -7.25. The molecule has 160 valence electrons. The van der Waals surface area contributed by atoms with Crippen molar-refractivity contribution in [2.75, 3.05) is 5.32 Å². The van der Waals surface area contributed by atoms with Crippen LogP contribution in [0.4, 0.5) is 5.69 Å². The number of amides is 1. The second kappa shape index (κ2) is 7.79. The Morgan fingerprint density at radius 3 is 1.97 bits per heavy atom. The summed E-state index contributed by atoms with van der Waals surface area (Å²) in [4.78, 5) is 11.6. The van der Waals surface area contributed by atoms with Crippen LogP contribution in [-0.2, 0) is 24.7 Å². The van der Waals surface area contributed by atoms with E-state index in [0.717, 1.165) is 0 Å². The minimum atomic E-state index is -3.75. The molecule has 2 aliphatic heterocycles. The zero-order chi connectivity index (χ0) is 21.5. The van der Waals surface area contributed by atoms with Gasteiger partial charge in [-0.3, -0.25) is 4.79 Å². The van der Waals surface area contributed by atoms with E-state index in [0.29, 0.717) is 36.3 Å². The summed E-state index contributed by atoms with van der Waals surface area (Å²) in [5.41, 5.74) is 0.525. The number of piperidine rings is 1. The Morgan fingerprint density at radius 2 is 1.43 bits per heavy atom. The molecule has 2 aromatic carbocycles. The maximum Gasteiger partial charge on any atom is 0.243 e. The molecule has 30 heavy (non-hydrogen) atoms. The summed E-state index contributed by atoms with van der Waals surface area (Å²) in [6, 6.07) is 13.8. The Kier molecular flexibility index (Phi) is 5.46. The second-order valence-electron chi connectivity index (χ2n) is 7.88. The summed E-state index contributed by atoms with van der Waals surface area (Å²) in [6.07, 6.45) is 1.93. The van der Waals surface area contributed by atoms with Gasteiger partial charge in [0.05, 0.1) is 15.0 Å². The SMILES string of the molecule is CC(=O)Nc1ccc(S(=O)(=O)N2C3CCC2CC(S(=O)(=O)c2ccccc2)C3)cc1. The lowest BCUT2D eigenvalue weighted by Gasteiger charge is -2.37. The number of nitrogens with zero attached hydrogens (tertiary/aromatic N) is 1. The molecule has 2 heterocycles. The van der Waals surface area contributed by atoms with Crippen LogP contribution < -0.4 is 5.32 Å². The molecular weight excluding hydrogens is 424 g/mol. The van der Waals surface area contributed by atoms with E-state index in [1.807, 2.05) is 0 Å². The van der Waals surface area contributed by atoms with Gasteiger partial charge in [-0.15, -0.1) is 0 Å². The topological polar surface area (TPSA) is 101 Å². The first kappa shape index (κ1) is 21.0. The van der Waals surface area contributed by atoms with Gasteiger partial charge < -0.3 is 5.32 Å². The first-order valence-electron chi connectivity index (χ1n) is 9.90. The first-order chi connectivity index (χ1) is 14.2. The van der Waals surface area contributed by atoms with Crippen molar-refractivity contribution < 1.29 is 21.6 Å². The number of hydrogen-bond donors (Lipinski definition) is 1. The van der Waals surface area contributed by atoms with Gasteiger partial charge in [-0.25, -0.2) is 16.8 Å². The van der Waals surface area contributed by atoms with E-state index < -0.39 is 25.1 Å². The molecule has 0 spiro atoms. The number of nitrogens with one attached hydrogen (secondary N) is 1. The Bertz CT molecular complexity index is 1130. The number of carbonyl (C=O) groups excluding carboxylic acids is 1. The molecule has 2 bridgehead atoms. The fourth-order valence-corrected chi connectivity index (χ4v) is 8.33. The van der Waals surface area contributed by atoms with Crippen molar-refractivity contribution in [3.63, 3.8) is 0 Å². The molecule has 2 saturated heterocycles. The van der Waals surface area contributed by atoms with Gasteiger partial charge in [-0.2, -0.15) is 4.31 Å². The van der Waals surface area contributed by atoms with Gasteiger partial charge in [0.2, 0.25) is 15.9 Å². The Labute approximate surface area is 177 Å². The van der Waals surface area contributed by atoms with Crippen molar-refractivity contribution in [1.82, 2.24) is 4.31 Å². The highest BCUT2D eigenvalue weighted by Crippen LogP contribution is 2.42. The zero-order valence-electron chi connectivity index (χ0n) is 16.6. The van der Waals surface area contributed by atoms with Crippen LogP contribution in [0.25, 0.3) is 0 Å². The van der Waals surface area contributed by atoms with E-state index in [1.165, 1.54) is 23.4 Å². The molecule has 2 unspecified atom stereocenters. The second-order valence-corrected chi connectivity index (χ2v) is 11.9. The van der Waals surface area contributed by atoms with Gasteiger partial charge in [0.15, 0.2) is 9.84 Å². The van der Waals surface area contributed by atoms with Crippen LogP contribution in [0.1, 0.15) is 32.6 Å². The fraction of sp³-hybridized carbons (Fsp3) is 0.381. The predicted molar refractivity (Wildman–Crippen MR) is 113 cm³/mol. The van der Waals surface area contributed by atoms with Crippen molar-refractivity contribution >= 4 is 31.5 Å². The van der Waals surface area contributed by atoms with E-state index in [1.54, 1.807) is 42.5 Å². The molecule has 2 atom stereocenters. The third kappa shape index (κ3) is 3.77. The number of carbonyl (C=O) groups is 1. The average molecular weight is 449 g/mol. The van der Waals surface area contributed by atoms with Crippen LogP contribution >= 0.6 is 0 Å². The molecule has 9 heteroatoms. The van der Waals surface area contributed by atoms with E-state index in [9.17, 15) is 21.6 Å². The molecule has 1 N–H and O–H groups in total. The number of benzene rings is 2. The molecule has 4 rings (SSSR count). The molecule has 0 aromatic heterocycles. The lowest BCUT2D eigenvalue weighted by atomic mass is 10.1. The number of anilines is 1. The van der Waals surface area contributed by atoms with Crippen molar-refractivity contribution in [2.24, 2.45) is 0 Å². The van der Waals surface area contributed by atoms with E-state index in [4.69, 9.17) is 0 Å². The van der Waals surface area contributed by atoms with Gasteiger partial charge >= 0.3 is 0 Å². The lowest BCUT2D eigenvalue weighted by Crippen LogP contribution is -2.49. The highest BCUT2D eigenvalue weighted by Gasteiger charge is 2.50. The molecule has 0 radical (unpaired) electrons. The van der Waals surface area contributed by atoms with Crippen LogP contribution in [-0.4, -0.2) is 44.4 Å². The summed E-state index contributed by atoms with van der Waals surface area (Å²) < 4.78 is 54.2. The van der Waals surface area contributed by atoms with Crippen LogP contribution in [0.2, 0.25) is 0 Å². The van der Waals surface area contributed by atoms with Crippen LogP contribution in [0.5, 0.6) is 0 Å². The normalized spacial score (nSPS) is 24.5. The first-order valence-corrected chi connectivity index (χ1v) is 12.9. The van der Waals surface area contributed by atoms with Crippen molar-refractivity contribution in [3.05, 3.63) is 54.6 Å². The highest BCUT2D eigenvalue weighted by atomic mass is 32.2. The van der Waals surface area contributed by atoms with Gasteiger partial charge in [0.1, 0.15) is 0 Å². The third-order valence-corrected chi connectivity index (χ3v) is 10.1. The van der Waals surface area contributed by atoms with E-state index >= 15 is 0 Å². The Balaban J connectivity index is 1.57. The smallest absolute Gasteiger partial charge is 0.243 e. The number of hydrogen-bond acceptors (Lipinski definition) is 5. The van der Waals surface area contributed by atoms with Gasteiger partial charge in [-0.05, 0) is 62.1 Å². The highest BCUT2D eigenvalue weighted by molar-refractivity contribution is 7.92. The average Bonchev–Trinajstić information content (AvgIpc) is 2.99. The summed E-state index contributed by atoms with van der Waals surface area (Å²) in [5.74, 6) is -0.231. The lowest BCUT2D eigenvalue weighted by molar-refractivity contribution is -0.114. The van der Waals surface area contributed by atoms with Crippen molar-refractivity contribution in [2.45, 2.75) is 59.7 Å². The molecule has 7 nitrogen and oxygen atoms in total. The molecule has 0 aliphatic carbocycles. The van der Waals surface area contributed by atoms with E-state index in [2.05, 4.69) is 5.32 Å². The number of sulfone groups is 1. The zero-order valence-corrected chi connectivity index (χ0v) is 18.2. The third-order valence-electron chi connectivity index (χ3n) is 5.88. The van der Waals surface area contributed by atoms with Gasteiger partial charge in [0, 0.05) is 24.7 Å². The number of fused-ring (bicyclic) bond motifs is 2. The Hall–Kier alpha value is -2.23. The predicted octanol–water partition coefficient (Wildman–Crippen LogP) is 2.80. The molecular formula is C21H24N2O5S2. The molecule has 2 aliphatic rings. The number of rotatable bonds is 5. The summed E-state index contributed by atoms with van der Waals surface area (Å²) >= 11 is 0. The minimum absolute atomic E-state index is 0.151. The largest absolute Gasteiger partial charge is 0.326 e. The van der Waals surface area contributed by atoms with Crippen LogP contribution in [0.15, 0.2) is 64.4 Å². The maximum absolute atomic E-state index is 13.3. The van der Waals surface area contributed by atoms with Crippen molar-refractivity contribution in [1.29, 1.82) is 0 Å². The quantitative estimate of drug-likeness (QED) is 0.758. The molecule has 2 aromatic rings. The standard InChI is InChI=1S/C21H24N2O5S2/c1-15(24)22-16-7-11-20(12-8-16)30(27,28)23-17-9-10-18(23)14-21(13-17)29(25,26)19-5-3-2-4-6-19/h2-8,11-12,17-18,21H,9-10,13-14H2,1H3,(H,22,24).